The minimum Gasteiger partial charge on any atom is -0.493 e. The normalized spacial score (nSPS) is 11.9. The number of nitrogens with one attached hydrogen (secondary N) is 1. The second kappa shape index (κ2) is 11.2. The molecule has 3 rings (SSSR count). The largest absolute Gasteiger partial charge is 0.493 e. The molecule has 0 radical (unpaired) electrons. The van der Waals surface area contributed by atoms with Crippen LogP contribution in [0.15, 0.2) is 72.3 Å². The first kappa shape index (κ1) is 23.8. The summed E-state index contributed by atoms with van der Waals surface area (Å²) in [5.74, 6) is -0.186. The van der Waals surface area contributed by atoms with Crippen LogP contribution in [0.3, 0.4) is 0 Å². The molecule has 0 saturated heterocycles. The van der Waals surface area contributed by atoms with Gasteiger partial charge in [0.2, 0.25) is 0 Å². The summed E-state index contributed by atoms with van der Waals surface area (Å²) in [6, 6.07) is 20.2. The SMILES string of the molecule is COc1cc(/C=C(/C#N)C(=O)N[C@@H](C)c2ccccc2)cc(Cl)c1OCc1ccc(F)cc1. The van der Waals surface area contributed by atoms with Crippen LogP contribution in [0.4, 0.5) is 4.39 Å². The number of methoxy groups -OCH3 is 1. The fraction of sp³-hybridized carbons (Fsp3) is 0.154. The number of nitrogens with zero attached hydrogens (tertiary/aromatic N) is 1. The number of carbonyl (C=O) groups excluding carboxylic acids is 1. The zero-order chi connectivity index (χ0) is 23.8. The smallest absolute Gasteiger partial charge is 0.262 e. The van der Waals surface area contributed by atoms with Crippen LogP contribution in [0.5, 0.6) is 11.5 Å². The zero-order valence-electron chi connectivity index (χ0n) is 18.1. The van der Waals surface area contributed by atoms with Crippen LogP contribution in [0.2, 0.25) is 5.02 Å². The molecular weight excluding hydrogens is 443 g/mol. The van der Waals surface area contributed by atoms with E-state index in [4.69, 9.17) is 21.1 Å². The van der Waals surface area contributed by atoms with Crippen molar-refractivity contribution in [1.29, 1.82) is 5.26 Å². The lowest BCUT2D eigenvalue weighted by molar-refractivity contribution is -0.117. The van der Waals surface area contributed by atoms with Crippen molar-refractivity contribution < 1.29 is 18.7 Å². The number of rotatable bonds is 8. The van der Waals surface area contributed by atoms with Gasteiger partial charge >= 0.3 is 0 Å². The zero-order valence-corrected chi connectivity index (χ0v) is 18.9. The molecule has 0 aromatic heterocycles. The number of halogens is 2. The van der Waals surface area contributed by atoms with Gasteiger partial charge in [-0.15, -0.1) is 0 Å². The molecule has 0 heterocycles. The van der Waals surface area contributed by atoms with Crippen molar-refractivity contribution in [2.75, 3.05) is 7.11 Å². The van der Waals surface area contributed by atoms with E-state index in [2.05, 4.69) is 5.32 Å². The van der Waals surface area contributed by atoms with E-state index >= 15 is 0 Å². The van der Waals surface area contributed by atoms with Crippen LogP contribution in [0.1, 0.15) is 29.7 Å². The fourth-order valence-corrected chi connectivity index (χ4v) is 3.39. The van der Waals surface area contributed by atoms with Crippen molar-refractivity contribution in [2.45, 2.75) is 19.6 Å². The Morgan fingerprint density at radius 1 is 1.18 bits per heavy atom. The molecule has 3 aromatic carbocycles. The molecule has 1 amide bonds. The summed E-state index contributed by atoms with van der Waals surface area (Å²) < 4.78 is 24.3. The van der Waals surface area contributed by atoms with Gasteiger partial charge in [0.25, 0.3) is 5.91 Å². The number of benzene rings is 3. The molecule has 0 spiro atoms. The summed E-state index contributed by atoms with van der Waals surface area (Å²) >= 11 is 6.40. The first-order chi connectivity index (χ1) is 15.9. The quantitative estimate of drug-likeness (QED) is 0.335. The monoisotopic (exact) mass is 464 g/mol. The van der Waals surface area contributed by atoms with Gasteiger partial charge in [0, 0.05) is 0 Å². The molecule has 33 heavy (non-hydrogen) atoms. The van der Waals surface area contributed by atoms with E-state index in [1.165, 1.54) is 25.3 Å². The number of hydrogen-bond donors (Lipinski definition) is 1. The standard InChI is InChI=1S/C26H22ClFN2O3/c1-17(20-6-4-3-5-7-20)30-26(31)21(15-29)12-19-13-23(27)25(24(14-19)32-2)33-16-18-8-10-22(28)11-9-18/h3-14,17H,16H2,1-2H3,(H,30,31)/b21-12-/t17-/m0/s1. The van der Waals surface area contributed by atoms with Crippen LogP contribution >= 0.6 is 11.6 Å². The fourth-order valence-electron chi connectivity index (χ4n) is 3.11. The maximum Gasteiger partial charge on any atom is 0.262 e. The highest BCUT2D eigenvalue weighted by Crippen LogP contribution is 2.37. The predicted octanol–water partition coefficient (Wildman–Crippen LogP) is 5.85. The molecule has 5 nitrogen and oxygen atoms in total. The summed E-state index contributed by atoms with van der Waals surface area (Å²) in [5.41, 5.74) is 2.12. The van der Waals surface area contributed by atoms with Gasteiger partial charge in [-0.3, -0.25) is 4.79 Å². The molecule has 0 aliphatic rings. The van der Waals surface area contributed by atoms with Crippen molar-refractivity contribution in [2.24, 2.45) is 0 Å². The van der Waals surface area contributed by atoms with E-state index in [9.17, 15) is 14.4 Å². The summed E-state index contributed by atoms with van der Waals surface area (Å²) in [6.45, 7) is 2.00. The van der Waals surface area contributed by atoms with E-state index in [-0.39, 0.29) is 29.1 Å². The molecule has 3 aromatic rings. The van der Waals surface area contributed by atoms with Crippen molar-refractivity contribution in [3.05, 3.63) is 99.8 Å². The summed E-state index contributed by atoms with van der Waals surface area (Å²) in [4.78, 5) is 12.6. The van der Waals surface area contributed by atoms with Gasteiger partial charge in [-0.05, 0) is 54.0 Å². The van der Waals surface area contributed by atoms with Crippen molar-refractivity contribution in [1.82, 2.24) is 5.32 Å². The lowest BCUT2D eigenvalue weighted by atomic mass is 10.1. The predicted molar refractivity (Wildman–Crippen MR) is 125 cm³/mol. The third-order valence-corrected chi connectivity index (χ3v) is 5.15. The second-order valence-electron chi connectivity index (χ2n) is 7.22. The Labute approximate surface area is 197 Å². The first-order valence-electron chi connectivity index (χ1n) is 10.1. The first-order valence-corrected chi connectivity index (χ1v) is 10.5. The van der Waals surface area contributed by atoms with Gasteiger partial charge < -0.3 is 14.8 Å². The molecule has 0 aliphatic carbocycles. The topological polar surface area (TPSA) is 71.3 Å². The van der Waals surface area contributed by atoms with Gasteiger partial charge in [-0.1, -0.05) is 54.1 Å². The number of nitriles is 1. The van der Waals surface area contributed by atoms with E-state index in [0.717, 1.165) is 11.1 Å². The Hall–Kier alpha value is -3.82. The molecule has 0 unspecified atom stereocenters. The number of ether oxygens (including phenoxy) is 2. The lowest BCUT2D eigenvalue weighted by Crippen LogP contribution is -2.27. The van der Waals surface area contributed by atoms with Crippen molar-refractivity contribution in [3.8, 4) is 17.6 Å². The molecule has 1 atom stereocenters. The Balaban J connectivity index is 1.78. The summed E-state index contributed by atoms with van der Waals surface area (Å²) in [7, 11) is 1.46. The average Bonchev–Trinajstić information content (AvgIpc) is 2.83. The van der Waals surface area contributed by atoms with Crippen LogP contribution in [-0.4, -0.2) is 13.0 Å². The maximum atomic E-state index is 13.1. The second-order valence-corrected chi connectivity index (χ2v) is 7.63. The Bertz CT molecular complexity index is 1190. The van der Waals surface area contributed by atoms with Gasteiger partial charge in [0.15, 0.2) is 11.5 Å². The van der Waals surface area contributed by atoms with Crippen molar-refractivity contribution in [3.63, 3.8) is 0 Å². The highest BCUT2D eigenvalue weighted by molar-refractivity contribution is 6.32. The Morgan fingerprint density at radius 3 is 2.52 bits per heavy atom. The number of carbonyl (C=O) groups is 1. The Morgan fingerprint density at radius 2 is 1.88 bits per heavy atom. The van der Waals surface area contributed by atoms with Crippen molar-refractivity contribution >= 4 is 23.6 Å². The average molecular weight is 465 g/mol. The molecule has 7 heteroatoms. The van der Waals surface area contributed by atoms with Crippen LogP contribution < -0.4 is 14.8 Å². The van der Waals surface area contributed by atoms with Gasteiger partial charge in [0.1, 0.15) is 24.1 Å². The molecule has 0 fully saturated rings. The molecular formula is C26H22ClFN2O3. The van der Waals surface area contributed by atoms with E-state index in [0.29, 0.717) is 17.1 Å². The minimum absolute atomic E-state index is 0.0733. The summed E-state index contributed by atoms with van der Waals surface area (Å²) in [5, 5.41) is 12.6. The van der Waals surface area contributed by atoms with Gasteiger partial charge in [0.05, 0.1) is 18.2 Å². The number of hydrogen-bond acceptors (Lipinski definition) is 4. The van der Waals surface area contributed by atoms with Crippen LogP contribution in [0.25, 0.3) is 6.08 Å². The highest BCUT2D eigenvalue weighted by Gasteiger charge is 2.16. The van der Waals surface area contributed by atoms with E-state index in [1.54, 1.807) is 24.3 Å². The van der Waals surface area contributed by atoms with E-state index in [1.807, 2.05) is 43.3 Å². The molecule has 168 valence electrons. The number of amides is 1. The minimum atomic E-state index is -0.499. The highest BCUT2D eigenvalue weighted by atomic mass is 35.5. The molecule has 0 bridgehead atoms. The van der Waals surface area contributed by atoms with E-state index < -0.39 is 5.91 Å². The third kappa shape index (κ3) is 6.34. The van der Waals surface area contributed by atoms with Crippen LogP contribution in [0, 0.1) is 17.1 Å². The molecule has 1 N–H and O–H groups in total. The Kier molecular flexibility index (Phi) is 8.06. The molecule has 0 aliphatic heterocycles. The van der Waals surface area contributed by atoms with Crippen LogP contribution in [-0.2, 0) is 11.4 Å². The molecule has 0 saturated carbocycles. The maximum absolute atomic E-state index is 13.1. The lowest BCUT2D eigenvalue weighted by Gasteiger charge is -2.15. The third-order valence-electron chi connectivity index (χ3n) is 4.87. The van der Waals surface area contributed by atoms with Gasteiger partial charge in [-0.2, -0.15) is 5.26 Å². The summed E-state index contributed by atoms with van der Waals surface area (Å²) in [6.07, 6.45) is 1.44. The van der Waals surface area contributed by atoms with Gasteiger partial charge in [-0.25, -0.2) is 4.39 Å².